The van der Waals surface area contributed by atoms with Crippen molar-refractivity contribution in [1.82, 2.24) is 5.32 Å². The topological polar surface area (TPSA) is 12.0 Å². The molecule has 1 aromatic rings. The maximum atomic E-state index is 13.9. The van der Waals surface area contributed by atoms with E-state index in [0.29, 0.717) is 23.8 Å². The molecule has 3 heteroatoms. The average molecular weight is 295 g/mol. The highest BCUT2D eigenvalue weighted by Crippen LogP contribution is 2.35. The van der Waals surface area contributed by atoms with Gasteiger partial charge in [-0.05, 0) is 49.7 Å². The highest BCUT2D eigenvalue weighted by molar-refractivity contribution is 5.23. The van der Waals surface area contributed by atoms with E-state index >= 15 is 0 Å². The van der Waals surface area contributed by atoms with E-state index in [1.54, 1.807) is 0 Å². The van der Waals surface area contributed by atoms with Gasteiger partial charge in [-0.2, -0.15) is 0 Å². The number of hydrogen-bond donors (Lipinski definition) is 1. The van der Waals surface area contributed by atoms with Gasteiger partial charge in [-0.15, -0.1) is 0 Å². The van der Waals surface area contributed by atoms with Crippen LogP contribution in [-0.2, 0) is 0 Å². The van der Waals surface area contributed by atoms with Gasteiger partial charge in [0.2, 0.25) is 0 Å². The van der Waals surface area contributed by atoms with Crippen molar-refractivity contribution in [3.05, 3.63) is 35.4 Å². The first kappa shape index (κ1) is 16.4. The molecule has 4 atom stereocenters. The Labute approximate surface area is 127 Å². The summed E-state index contributed by atoms with van der Waals surface area (Å²) in [7, 11) is 0. The maximum absolute atomic E-state index is 13.9. The largest absolute Gasteiger partial charge is 0.307 e. The van der Waals surface area contributed by atoms with E-state index in [1.165, 1.54) is 31.0 Å². The maximum Gasteiger partial charge on any atom is 0.130 e. The zero-order valence-corrected chi connectivity index (χ0v) is 13.5. The summed E-state index contributed by atoms with van der Waals surface area (Å²) in [5.74, 6) is 0.932. The van der Waals surface area contributed by atoms with Gasteiger partial charge < -0.3 is 5.32 Å². The van der Waals surface area contributed by atoms with Crippen LogP contribution in [0.15, 0.2) is 18.2 Å². The van der Waals surface area contributed by atoms with Crippen LogP contribution in [0, 0.1) is 29.4 Å². The lowest BCUT2D eigenvalue weighted by molar-refractivity contribution is 0.160. The Hall–Kier alpha value is -0.960. The Morgan fingerprint density at radius 2 is 1.71 bits per heavy atom. The molecule has 1 aliphatic rings. The molecule has 2 rings (SSSR count). The van der Waals surface area contributed by atoms with Gasteiger partial charge in [0.05, 0.1) is 0 Å². The molecule has 1 aromatic carbocycles. The molecule has 0 bridgehead atoms. The van der Waals surface area contributed by atoms with Crippen LogP contribution in [0.2, 0.25) is 0 Å². The zero-order chi connectivity index (χ0) is 15.6. The molecule has 1 saturated carbocycles. The van der Waals surface area contributed by atoms with Gasteiger partial charge >= 0.3 is 0 Å². The summed E-state index contributed by atoms with van der Waals surface area (Å²) < 4.78 is 27.8. The molecule has 0 radical (unpaired) electrons. The highest BCUT2D eigenvalue weighted by Gasteiger charge is 2.32. The molecule has 1 aliphatic carbocycles. The smallest absolute Gasteiger partial charge is 0.130 e. The Morgan fingerprint density at radius 1 is 1.10 bits per heavy atom. The predicted molar refractivity (Wildman–Crippen MR) is 83.0 cm³/mol. The van der Waals surface area contributed by atoms with Crippen LogP contribution in [0.1, 0.15) is 58.6 Å². The van der Waals surface area contributed by atoms with Gasteiger partial charge in [0.15, 0.2) is 0 Å². The molecule has 0 aromatic heterocycles. The molecule has 21 heavy (non-hydrogen) atoms. The van der Waals surface area contributed by atoms with Crippen LogP contribution in [0.4, 0.5) is 8.78 Å². The van der Waals surface area contributed by atoms with Gasteiger partial charge in [0.25, 0.3) is 0 Å². The number of nitrogens with one attached hydrogen (secondary N) is 1. The van der Waals surface area contributed by atoms with Crippen molar-refractivity contribution < 1.29 is 8.78 Å². The lowest BCUT2D eigenvalue weighted by atomic mass is 9.73. The van der Waals surface area contributed by atoms with Crippen molar-refractivity contribution in [1.29, 1.82) is 0 Å². The van der Waals surface area contributed by atoms with Crippen LogP contribution >= 0.6 is 0 Å². The van der Waals surface area contributed by atoms with Crippen LogP contribution < -0.4 is 5.32 Å². The molecule has 0 aliphatic heterocycles. The summed E-state index contributed by atoms with van der Waals surface area (Å²) in [6.07, 6.45) is 3.54. The Kier molecular flexibility index (Phi) is 5.37. The van der Waals surface area contributed by atoms with Crippen LogP contribution in [0.5, 0.6) is 0 Å². The van der Waals surface area contributed by atoms with E-state index in [9.17, 15) is 8.78 Å². The van der Waals surface area contributed by atoms with Crippen molar-refractivity contribution in [2.75, 3.05) is 0 Å². The molecule has 1 N–H and O–H groups in total. The fourth-order valence-electron chi connectivity index (χ4n) is 3.72. The first-order chi connectivity index (χ1) is 9.90. The number of rotatable bonds is 4. The van der Waals surface area contributed by atoms with Crippen LogP contribution in [0.25, 0.3) is 0 Å². The molecule has 0 amide bonds. The summed E-state index contributed by atoms with van der Waals surface area (Å²) >= 11 is 0. The standard InChI is InChI=1S/C18H27F2N/c1-11(2)14-9-8-12(3)10-17(14)21-13(4)18-15(19)6-5-7-16(18)20/h5-7,11-14,17,21H,8-10H2,1-4H3. The van der Waals surface area contributed by atoms with Crippen molar-refractivity contribution in [2.24, 2.45) is 17.8 Å². The number of benzene rings is 1. The van der Waals surface area contributed by atoms with Crippen molar-refractivity contribution in [3.8, 4) is 0 Å². The lowest BCUT2D eigenvalue weighted by Gasteiger charge is -2.39. The fourth-order valence-corrected chi connectivity index (χ4v) is 3.72. The average Bonchev–Trinajstić information content (AvgIpc) is 2.38. The van der Waals surface area contributed by atoms with E-state index < -0.39 is 11.6 Å². The van der Waals surface area contributed by atoms with E-state index in [-0.39, 0.29) is 11.6 Å². The SMILES string of the molecule is CC1CCC(C(C)C)C(NC(C)c2c(F)cccc2F)C1. The summed E-state index contributed by atoms with van der Waals surface area (Å²) in [4.78, 5) is 0. The monoisotopic (exact) mass is 295 g/mol. The lowest BCUT2D eigenvalue weighted by Crippen LogP contribution is -2.44. The molecular formula is C18H27F2N. The second-order valence-corrected chi connectivity index (χ2v) is 6.96. The molecule has 4 unspecified atom stereocenters. The molecule has 0 spiro atoms. The van der Waals surface area contributed by atoms with Gasteiger partial charge in [-0.1, -0.05) is 33.3 Å². The third-order valence-electron chi connectivity index (χ3n) is 4.92. The van der Waals surface area contributed by atoms with E-state index in [2.05, 4.69) is 26.1 Å². The second-order valence-electron chi connectivity index (χ2n) is 6.96. The summed E-state index contributed by atoms with van der Waals surface area (Å²) in [5.41, 5.74) is 0.165. The van der Waals surface area contributed by atoms with Crippen molar-refractivity contribution >= 4 is 0 Å². The Morgan fingerprint density at radius 3 is 2.29 bits per heavy atom. The first-order valence-corrected chi connectivity index (χ1v) is 8.10. The van der Waals surface area contributed by atoms with E-state index in [1.807, 2.05) is 6.92 Å². The van der Waals surface area contributed by atoms with Crippen LogP contribution in [-0.4, -0.2) is 6.04 Å². The molecule has 118 valence electrons. The van der Waals surface area contributed by atoms with Gasteiger partial charge in [0, 0.05) is 17.6 Å². The molecular weight excluding hydrogens is 268 g/mol. The van der Waals surface area contributed by atoms with E-state index in [4.69, 9.17) is 0 Å². The van der Waals surface area contributed by atoms with Crippen molar-refractivity contribution in [3.63, 3.8) is 0 Å². The first-order valence-electron chi connectivity index (χ1n) is 8.10. The molecule has 0 saturated heterocycles. The fraction of sp³-hybridized carbons (Fsp3) is 0.667. The minimum Gasteiger partial charge on any atom is -0.307 e. The second kappa shape index (κ2) is 6.87. The molecule has 1 fully saturated rings. The van der Waals surface area contributed by atoms with Crippen molar-refractivity contribution in [2.45, 2.75) is 59.0 Å². The summed E-state index contributed by atoms with van der Waals surface area (Å²) in [6.45, 7) is 8.60. The third-order valence-corrected chi connectivity index (χ3v) is 4.92. The van der Waals surface area contributed by atoms with E-state index in [0.717, 1.165) is 6.42 Å². The summed E-state index contributed by atoms with van der Waals surface area (Å²) in [6, 6.07) is 4.12. The molecule has 1 nitrogen and oxygen atoms in total. The van der Waals surface area contributed by atoms with Gasteiger partial charge in [-0.3, -0.25) is 0 Å². The zero-order valence-electron chi connectivity index (χ0n) is 13.5. The molecule has 0 heterocycles. The minimum atomic E-state index is -0.458. The Balaban J connectivity index is 2.14. The third kappa shape index (κ3) is 3.82. The summed E-state index contributed by atoms with van der Waals surface area (Å²) in [5, 5.41) is 3.50. The quantitative estimate of drug-likeness (QED) is 0.817. The van der Waals surface area contributed by atoms with Crippen LogP contribution in [0.3, 0.4) is 0 Å². The highest BCUT2D eigenvalue weighted by atomic mass is 19.1. The normalized spacial score (nSPS) is 27.9. The Bertz CT molecular complexity index is 452. The number of hydrogen-bond acceptors (Lipinski definition) is 1. The predicted octanol–water partition coefficient (Wildman–Crippen LogP) is 5.08. The number of halogens is 2. The van der Waals surface area contributed by atoms with Gasteiger partial charge in [0.1, 0.15) is 11.6 Å². The van der Waals surface area contributed by atoms with Gasteiger partial charge in [-0.25, -0.2) is 8.78 Å². The minimum absolute atomic E-state index is 0.165.